The van der Waals surface area contributed by atoms with Gasteiger partial charge in [0.05, 0.1) is 12.2 Å². The van der Waals surface area contributed by atoms with Crippen molar-refractivity contribution in [3.63, 3.8) is 0 Å². The maximum Gasteiger partial charge on any atom is 0.0823 e. The smallest absolute Gasteiger partial charge is 0.0823 e. The highest BCUT2D eigenvalue weighted by Gasteiger charge is 2.27. The van der Waals surface area contributed by atoms with Crippen LogP contribution in [-0.2, 0) is 9.47 Å². The van der Waals surface area contributed by atoms with E-state index in [4.69, 9.17) is 15.2 Å². The maximum atomic E-state index is 5.69. The summed E-state index contributed by atoms with van der Waals surface area (Å²) in [5.41, 5.74) is 5.69. The van der Waals surface area contributed by atoms with Crippen molar-refractivity contribution in [2.45, 2.75) is 32.5 Å². The number of hydrogen-bond donors (Lipinski definition) is 1. The highest BCUT2D eigenvalue weighted by atomic mass is 16.5. The zero-order valence-corrected chi connectivity index (χ0v) is 10.8. The van der Waals surface area contributed by atoms with Crippen LogP contribution in [0.1, 0.15) is 20.3 Å². The Morgan fingerprint density at radius 2 is 2.25 bits per heavy atom. The molecule has 3 atom stereocenters. The third-order valence-electron chi connectivity index (χ3n) is 3.40. The summed E-state index contributed by atoms with van der Waals surface area (Å²) in [5, 5.41) is 0. The minimum absolute atomic E-state index is 0.163. The fraction of sp³-hybridized carbons (Fsp3) is 1.00. The van der Waals surface area contributed by atoms with Gasteiger partial charge in [-0.05, 0) is 25.8 Å². The molecule has 1 heterocycles. The van der Waals surface area contributed by atoms with E-state index in [1.165, 1.54) is 6.42 Å². The van der Waals surface area contributed by atoms with E-state index in [0.29, 0.717) is 18.6 Å². The molecule has 0 radical (unpaired) electrons. The number of piperidine rings is 1. The number of methoxy groups -OCH3 is 1. The van der Waals surface area contributed by atoms with Crippen molar-refractivity contribution in [3.05, 3.63) is 0 Å². The third-order valence-corrected chi connectivity index (χ3v) is 3.40. The van der Waals surface area contributed by atoms with E-state index in [1.54, 1.807) is 7.11 Å². The molecule has 0 aromatic heterocycles. The van der Waals surface area contributed by atoms with Crippen LogP contribution in [0.5, 0.6) is 0 Å². The van der Waals surface area contributed by atoms with E-state index < -0.39 is 0 Å². The fourth-order valence-corrected chi connectivity index (χ4v) is 2.29. The van der Waals surface area contributed by atoms with E-state index in [9.17, 15) is 0 Å². The first-order valence-corrected chi connectivity index (χ1v) is 6.28. The Kier molecular flexibility index (Phi) is 6.28. The molecule has 3 unspecified atom stereocenters. The summed E-state index contributed by atoms with van der Waals surface area (Å²) in [4.78, 5) is 2.40. The predicted octanol–water partition coefficient (Wildman–Crippen LogP) is 0.707. The first kappa shape index (κ1) is 13.9. The average molecular weight is 230 g/mol. The Morgan fingerprint density at radius 1 is 1.50 bits per heavy atom. The van der Waals surface area contributed by atoms with Crippen molar-refractivity contribution in [2.75, 3.05) is 39.9 Å². The molecule has 1 aliphatic heterocycles. The van der Waals surface area contributed by atoms with Gasteiger partial charge in [0.15, 0.2) is 0 Å². The second kappa shape index (κ2) is 7.22. The second-order valence-electron chi connectivity index (χ2n) is 4.61. The topological polar surface area (TPSA) is 47.7 Å². The Morgan fingerprint density at radius 3 is 2.81 bits per heavy atom. The van der Waals surface area contributed by atoms with Crippen LogP contribution in [0.4, 0.5) is 0 Å². The average Bonchev–Trinajstić information content (AvgIpc) is 2.30. The van der Waals surface area contributed by atoms with Gasteiger partial charge in [-0.15, -0.1) is 0 Å². The van der Waals surface area contributed by atoms with Crippen LogP contribution in [0.2, 0.25) is 0 Å². The van der Waals surface area contributed by atoms with Crippen LogP contribution >= 0.6 is 0 Å². The molecule has 0 bridgehead atoms. The van der Waals surface area contributed by atoms with E-state index in [2.05, 4.69) is 11.8 Å². The van der Waals surface area contributed by atoms with Crippen molar-refractivity contribution in [1.29, 1.82) is 0 Å². The zero-order valence-electron chi connectivity index (χ0n) is 10.8. The highest BCUT2D eigenvalue weighted by Crippen LogP contribution is 2.19. The first-order valence-electron chi connectivity index (χ1n) is 6.28. The molecule has 0 amide bonds. The van der Waals surface area contributed by atoms with Gasteiger partial charge in [0.25, 0.3) is 0 Å². The maximum absolute atomic E-state index is 5.69. The van der Waals surface area contributed by atoms with Gasteiger partial charge in [-0.1, -0.05) is 6.92 Å². The summed E-state index contributed by atoms with van der Waals surface area (Å²) in [6.45, 7) is 8.66. The molecule has 1 rings (SSSR count). The fourth-order valence-electron chi connectivity index (χ4n) is 2.29. The van der Waals surface area contributed by atoms with E-state index >= 15 is 0 Å². The van der Waals surface area contributed by atoms with Gasteiger partial charge >= 0.3 is 0 Å². The zero-order chi connectivity index (χ0) is 12.0. The Balaban J connectivity index is 2.36. The van der Waals surface area contributed by atoms with Crippen molar-refractivity contribution >= 4 is 0 Å². The SMILES string of the molecule is CCOC(CN)CN1CCC(C)C(OC)C1. The van der Waals surface area contributed by atoms with Crippen molar-refractivity contribution in [3.8, 4) is 0 Å². The molecule has 4 heteroatoms. The van der Waals surface area contributed by atoms with Crippen molar-refractivity contribution < 1.29 is 9.47 Å². The summed E-state index contributed by atoms with van der Waals surface area (Å²) in [6, 6.07) is 0. The number of ether oxygens (including phenoxy) is 2. The number of nitrogens with two attached hydrogens (primary N) is 1. The summed E-state index contributed by atoms with van der Waals surface area (Å²) < 4.78 is 11.1. The van der Waals surface area contributed by atoms with Gasteiger partial charge in [-0.2, -0.15) is 0 Å². The predicted molar refractivity (Wildman–Crippen MR) is 65.5 cm³/mol. The summed E-state index contributed by atoms with van der Waals surface area (Å²) in [5.74, 6) is 0.657. The highest BCUT2D eigenvalue weighted by molar-refractivity contribution is 4.80. The van der Waals surface area contributed by atoms with Crippen molar-refractivity contribution in [2.24, 2.45) is 11.7 Å². The third kappa shape index (κ3) is 4.01. The minimum Gasteiger partial charge on any atom is -0.380 e. The molecule has 1 saturated heterocycles. The van der Waals surface area contributed by atoms with Gasteiger partial charge in [-0.25, -0.2) is 0 Å². The van der Waals surface area contributed by atoms with Crippen molar-refractivity contribution in [1.82, 2.24) is 4.90 Å². The molecule has 0 aromatic carbocycles. The van der Waals surface area contributed by atoms with Crippen LogP contribution in [0, 0.1) is 5.92 Å². The number of rotatable bonds is 6. The number of hydrogen-bond acceptors (Lipinski definition) is 4. The molecule has 16 heavy (non-hydrogen) atoms. The van der Waals surface area contributed by atoms with Crippen LogP contribution in [-0.4, -0.2) is 57.0 Å². The van der Waals surface area contributed by atoms with Gasteiger partial charge in [0.2, 0.25) is 0 Å². The quantitative estimate of drug-likeness (QED) is 0.730. The molecule has 0 spiro atoms. The molecule has 0 aromatic rings. The molecule has 4 nitrogen and oxygen atoms in total. The number of nitrogens with zero attached hydrogens (tertiary/aromatic N) is 1. The first-order chi connectivity index (χ1) is 7.71. The molecule has 0 saturated carbocycles. The lowest BCUT2D eigenvalue weighted by atomic mass is 9.95. The Hall–Kier alpha value is -0.160. The molecule has 1 aliphatic rings. The van der Waals surface area contributed by atoms with Crippen LogP contribution in [0.25, 0.3) is 0 Å². The monoisotopic (exact) mass is 230 g/mol. The Labute approximate surface area is 99.1 Å². The van der Waals surface area contributed by atoms with E-state index in [-0.39, 0.29) is 6.10 Å². The summed E-state index contributed by atoms with van der Waals surface area (Å²) >= 11 is 0. The summed E-state index contributed by atoms with van der Waals surface area (Å²) in [6.07, 6.45) is 1.71. The molecule has 2 N–H and O–H groups in total. The Bertz CT molecular complexity index is 190. The largest absolute Gasteiger partial charge is 0.380 e. The van der Waals surface area contributed by atoms with Crippen LogP contribution in [0.15, 0.2) is 0 Å². The van der Waals surface area contributed by atoms with E-state index in [0.717, 1.165) is 26.2 Å². The second-order valence-corrected chi connectivity index (χ2v) is 4.61. The molecule has 0 aliphatic carbocycles. The van der Waals surface area contributed by atoms with Gasteiger partial charge < -0.3 is 15.2 Å². The molecule has 1 fully saturated rings. The lowest BCUT2D eigenvalue weighted by Gasteiger charge is -2.37. The lowest BCUT2D eigenvalue weighted by molar-refractivity contribution is -0.0279. The standard InChI is InChI=1S/C12H26N2O2/c1-4-16-11(7-13)8-14-6-5-10(2)12(9-14)15-3/h10-12H,4-9,13H2,1-3H3. The van der Waals surface area contributed by atoms with E-state index in [1.807, 2.05) is 6.92 Å². The normalized spacial score (nSPS) is 29.2. The molecular formula is C12H26N2O2. The van der Waals surface area contributed by atoms with Gasteiger partial charge in [0.1, 0.15) is 0 Å². The number of likely N-dealkylation sites (tertiary alicyclic amines) is 1. The molecule has 96 valence electrons. The van der Waals surface area contributed by atoms with Gasteiger partial charge in [0, 0.05) is 33.4 Å². The van der Waals surface area contributed by atoms with Crippen LogP contribution < -0.4 is 5.73 Å². The van der Waals surface area contributed by atoms with Gasteiger partial charge in [-0.3, -0.25) is 4.90 Å². The summed E-state index contributed by atoms with van der Waals surface area (Å²) in [7, 11) is 1.80. The minimum atomic E-state index is 0.163. The van der Waals surface area contributed by atoms with Crippen LogP contribution in [0.3, 0.4) is 0 Å². The lowest BCUT2D eigenvalue weighted by Crippen LogP contribution is -2.48. The molecular weight excluding hydrogens is 204 g/mol.